The van der Waals surface area contributed by atoms with Crippen molar-refractivity contribution in [2.45, 2.75) is 24.4 Å². The fourth-order valence-electron chi connectivity index (χ4n) is 2.36. The lowest BCUT2D eigenvalue weighted by Gasteiger charge is -2.11. The van der Waals surface area contributed by atoms with Gasteiger partial charge in [-0.1, -0.05) is 63.0 Å². The molecule has 27 heavy (non-hydrogen) atoms. The van der Waals surface area contributed by atoms with E-state index in [4.69, 9.17) is 23.2 Å². The third-order valence-electron chi connectivity index (χ3n) is 3.64. The van der Waals surface area contributed by atoms with Gasteiger partial charge in [0.05, 0.1) is 0 Å². The number of nitrogens with zero attached hydrogens (tertiary/aromatic N) is 3. The normalized spacial score (nSPS) is 10.8. The molecule has 0 aliphatic heterocycles. The van der Waals surface area contributed by atoms with Crippen LogP contribution in [0.5, 0.6) is 0 Å². The van der Waals surface area contributed by atoms with E-state index in [2.05, 4.69) is 31.4 Å². The quantitative estimate of drug-likeness (QED) is 0.449. The van der Waals surface area contributed by atoms with Crippen molar-refractivity contribution in [1.29, 1.82) is 0 Å². The summed E-state index contributed by atoms with van der Waals surface area (Å²) < 4.78 is 2.61. The number of hydrogen-bond acceptors (Lipinski definition) is 5. The van der Waals surface area contributed by atoms with Crippen molar-refractivity contribution >= 4 is 62.4 Å². The lowest BCUT2D eigenvalue weighted by molar-refractivity contribution is 0.597. The molecule has 3 rings (SSSR count). The van der Waals surface area contributed by atoms with E-state index in [1.54, 1.807) is 22.8 Å². The summed E-state index contributed by atoms with van der Waals surface area (Å²) in [7, 11) is 0. The average Bonchev–Trinajstić information content (AvgIpc) is 2.62. The maximum absolute atomic E-state index is 12.8. The van der Waals surface area contributed by atoms with Gasteiger partial charge < -0.3 is 5.32 Å². The van der Waals surface area contributed by atoms with Crippen LogP contribution in [0.3, 0.4) is 0 Å². The van der Waals surface area contributed by atoms with Crippen LogP contribution in [-0.2, 0) is 12.3 Å². The van der Waals surface area contributed by atoms with E-state index in [-0.39, 0.29) is 11.4 Å². The number of rotatable bonds is 6. The zero-order valence-corrected chi connectivity index (χ0v) is 18.2. The van der Waals surface area contributed by atoms with Gasteiger partial charge in [-0.15, -0.1) is 10.2 Å². The van der Waals surface area contributed by atoms with Crippen molar-refractivity contribution in [3.05, 3.63) is 72.9 Å². The predicted molar refractivity (Wildman–Crippen MR) is 115 cm³/mol. The van der Waals surface area contributed by atoms with Crippen LogP contribution in [0, 0.1) is 0 Å². The van der Waals surface area contributed by atoms with Crippen molar-refractivity contribution in [2.75, 3.05) is 5.32 Å². The molecule has 0 saturated heterocycles. The largest absolute Gasteiger partial charge is 0.334 e. The number of hydrogen-bond donors (Lipinski definition) is 1. The van der Waals surface area contributed by atoms with E-state index >= 15 is 0 Å². The number of halogens is 3. The summed E-state index contributed by atoms with van der Waals surface area (Å²) in [4.78, 5) is 12.8. The van der Waals surface area contributed by atoms with Gasteiger partial charge in [0.2, 0.25) is 5.82 Å². The summed E-state index contributed by atoms with van der Waals surface area (Å²) in [6, 6.07) is 13.0. The van der Waals surface area contributed by atoms with Crippen LogP contribution in [-0.4, -0.2) is 14.8 Å². The molecule has 0 radical (unpaired) electrons. The van der Waals surface area contributed by atoms with Crippen LogP contribution in [0.4, 0.5) is 11.5 Å². The first-order chi connectivity index (χ1) is 13.0. The fraction of sp³-hybridized carbons (Fsp3) is 0.167. The molecule has 0 aliphatic rings. The SMILES string of the molecule is CCn1c(SCc2ccc(Br)cc2)nnc(Nc2cc(Cl)cc(Cl)c2)c1=O. The highest BCUT2D eigenvalue weighted by molar-refractivity contribution is 9.10. The van der Waals surface area contributed by atoms with Gasteiger partial charge in [0, 0.05) is 32.5 Å². The second-order valence-electron chi connectivity index (χ2n) is 5.58. The van der Waals surface area contributed by atoms with Crippen molar-refractivity contribution in [2.24, 2.45) is 0 Å². The Morgan fingerprint density at radius 3 is 2.41 bits per heavy atom. The summed E-state index contributed by atoms with van der Waals surface area (Å²) in [5.41, 5.74) is 1.47. The topological polar surface area (TPSA) is 59.8 Å². The van der Waals surface area contributed by atoms with Gasteiger partial charge in [-0.3, -0.25) is 9.36 Å². The number of nitrogens with one attached hydrogen (secondary N) is 1. The first-order valence-corrected chi connectivity index (χ1v) is 10.6. The lowest BCUT2D eigenvalue weighted by atomic mass is 10.2. The minimum atomic E-state index is -0.248. The molecule has 0 amide bonds. The van der Waals surface area contributed by atoms with E-state index in [0.29, 0.717) is 33.2 Å². The van der Waals surface area contributed by atoms with Crippen LogP contribution in [0.25, 0.3) is 0 Å². The zero-order valence-electron chi connectivity index (χ0n) is 14.2. The summed E-state index contributed by atoms with van der Waals surface area (Å²) in [6.45, 7) is 2.38. The first-order valence-electron chi connectivity index (χ1n) is 8.04. The maximum atomic E-state index is 12.8. The smallest absolute Gasteiger partial charge is 0.297 e. The van der Waals surface area contributed by atoms with Crippen molar-refractivity contribution in [3.8, 4) is 0 Å². The average molecular weight is 486 g/mol. The number of benzene rings is 2. The van der Waals surface area contributed by atoms with Crippen LogP contribution < -0.4 is 10.9 Å². The minimum absolute atomic E-state index is 0.128. The van der Waals surface area contributed by atoms with Gasteiger partial charge in [-0.05, 0) is 42.8 Å². The Labute approximate surface area is 179 Å². The molecule has 5 nitrogen and oxygen atoms in total. The van der Waals surface area contributed by atoms with Crippen LogP contribution >= 0.6 is 50.9 Å². The molecule has 1 heterocycles. The molecule has 140 valence electrons. The van der Waals surface area contributed by atoms with E-state index in [1.807, 2.05) is 31.2 Å². The number of thioether (sulfide) groups is 1. The highest BCUT2D eigenvalue weighted by Crippen LogP contribution is 2.25. The Balaban J connectivity index is 1.82. The third kappa shape index (κ3) is 5.25. The molecule has 3 aromatic rings. The molecular formula is C18H15BrCl2N4OS. The second kappa shape index (κ2) is 9.10. The summed E-state index contributed by atoms with van der Waals surface area (Å²) in [5, 5.41) is 12.7. The van der Waals surface area contributed by atoms with Gasteiger partial charge in [0.1, 0.15) is 0 Å². The standard InChI is InChI=1S/C18H15BrCl2N4OS/c1-2-25-17(26)16(22-15-8-13(20)7-14(21)9-15)23-24-18(25)27-10-11-3-5-12(19)6-4-11/h3-9H,2,10H2,1H3,(H,22,23). The first kappa shape index (κ1) is 20.2. The van der Waals surface area contributed by atoms with Gasteiger partial charge in [0.15, 0.2) is 5.16 Å². The van der Waals surface area contributed by atoms with Crippen molar-refractivity contribution in [3.63, 3.8) is 0 Å². The molecule has 9 heteroatoms. The van der Waals surface area contributed by atoms with E-state index < -0.39 is 0 Å². The third-order valence-corrected chi connectivity index (χ3v) is 5.64. The minimum Gasteiger partial charge on any atom is -0.334 e. The highest BCUT2D eigenvalue weighted by atomic mass is 79.9. The molecule has 1 N–H and O–H groups in total. The summed E-state index contributed by atoms with van der Waals surface area (Å²) >= 11 is 16.9. The monoisotopic (exact) mass is 484 g/mol. The molecular weight excluding hydrogens is 471 g/mol. The second-order valence-corrected chi connectivity index (χ2v) is 8.31. The Kier molecular flexibility index (Phi) is 6.81. The van der Waals surface area contributed by atoms with Gasteiger partial charge in [0.25, 0.3) is 5.56 Å². The van der Waals surface area contributed by atoms with Crippen LogP contribution in [0.2, 0.25) is 10.0 Å². The molecule has 0 spiro atoms. The predicted octanol–water partition coefficient (Wildman–Crippen LogP) is 5.76. The van der Waals surface area contributed by atoms with Gasteiger partial charge >= 0.3 is 0 Å². The Morgan fingerprint density at radius 1 is 1.11 bits per heavy atom. The molecule has 2 aromatic carbocycles. The number of aromatic nitrogens is 3. The van der Waals surface area contributed by atoms with Crippen molar-refractivity contribution in [1.82, 2.24) is 14.8 Å². The fourth-order valence-corrected chi connectivity index (χ4v) is 4.10. The summed E-state index contributed by atoms with van der Waals surface area (Å²) in [6.07, 6.45) is 0. The molecule has 0 bridgehead atoms. The van der Waals surface area contributed by atoms with E-state index in [9.17, 15) is 4.79 Å². The zero-order chi connectivity index (χ0) is 19.4. The molecule has 0 atom stereocenters. The van der Waals surface area contributed by atoms with Crippen molar-refractivity contribution < 1.29 is 0 Å². The van der Waals surface area contributed by atoms with Crippen LogP contribution in [0.1, 0.15) is 12.5 Å². The summed E-state index contributed by atoms with van der Waals surface area (Å²) in [5.74, 6) is 0.820. The molecule has 0 aliphatic carbocycles. The van der Waals surface area contributed by atoms with Crippen LogP contribution in [0.15, 0.2) is 56.9 Å². The molecule has 0 saturated carbocycles. The molecule has 0 unspecified atom stereocenters. The molecule has 1 aromatic heterocycles. The lowest BCUT2D eigenvalue weighted by Crippen LogP contribution is -2.26. The Bertz CT molecular complexity index is 991. The van der Waals surface area contributed by atoms with Gasteiger partial charge in [-0.2, -0.15) is 0 Å². The highest BCUT2D eigenvalue weighted by Gasteiger charge is 2.12. The van der Waals surface area contributed by atoms with E-state index in [1.165, 1.54) is 11.8 Å². The maximum Gasteiger partial charge on any atom is 0.297 e. The number of anilines is 2. The Hall–Kier alpha value is -1.54. The van der Waals surface area contributed by atoms with Gasteiger partial charge in [-0.25, -0.2) is 0 Å². The van der Waals surface area contributed by atoms with E-state index in [0.717, 1.165) is 10.0 Å². The Morgan fingerprint density at radius 2 is 1.78 bits per heavy atom. The molecule has 0 fully saturated rings.